The highest BCUT2D eigenvalue weighted by Crippen LogP contribution is 2.17. The maximum absolute atomic E-state index is 12.2. The van der Waals surface area contributed by atoms with Gasteiger partial charge in [0.25, 0.3) is 0 Å². The van der Waals surface area contributed by atoms with Crippen LogP contribution in [0.2, 0.25) is 0 Å². The summed E-state index contributed by atoms with van der Waals surface area (Å²) in [4.78, 5) is 14.1. The van der Waals surface area contributed by atoms with Gasteiger partial charge in [0.15, 0.2) is 0 Å². The standard InChI is InChI=1S/C16H26N2O2/c1-6-18(7-2)16(19)13(4)17-12(3)14-8-10-15(20-5)11-9-14/h8-13,17H,6-7H2,1-5H3/t12-,13?/m0/s1. The molecule has 4 nitrogen and oxygen atoms in total. The summed E-state index contributed by atoms with van der Waals surface area (Å²) in [5.41, 5.74) is 1.14. The largest absolute Gasteiger partial charge is 0.497 e. The van der Waals surface area contributed by atoms with Crippen LogP contribution in [0.3, 0.4) is 0 Å². The van der Waals surface area contributed by atoms with Crippen molar-refractivity contribution in [2.24, 2.45) is 0 Å². The molecule has 0 aliphatic carbocycles. The van der Waals surface area contributed by atoms with Gasteiger partial charge in [-0.25, -0.2) is 0 Å². The molecule has 1 aromatic rings. The minimum atomic E-state index is -0.188. The van der Waals surface area contributed by atoms with Crippen LogP contribution in [0.25, 0.3) is 0 Å². The number of rotatable bonds is 7. The third kappa shape index (κ3) is 4.23. The van der Waals surface area contributed by atoms with Crippen LogP contribution in [-0.2, 0) is 4.79 Å². The van der Waals surface area contributed by atoms with Crippen LogP contribution in [-0.4, -0.2) is 37.0 Å². The molecule has 1 unspecified atom stereocenters. The third-order valence-corrected chi connectivity index (χ3v) is 3.56. The number of methoxy groups -OCH3 is 1. The maximum Gasteiger partial charge on any atom is 0.239 e. The van der Waals surface area contributed by atoms with Crippen molar-refractivity contribution in [3.05, 3.63) is 29.8 Å². The zero-order chi connectivity index (χ0) is 15.1. The lowest BCUT2D eigenvalue weighted by atomic mass is 10.1. The van der Waals surface area contributed by atoms with Crippen molar-refractivity contribution in [2.75, 3.05) is 20.2 Å². The molecule has 0 radical (unpaired) electrons. The molecule has 4 heteroatoms. The second-order valence-electron chi connectivity index (χ2n) is 4.89. The van der Waals surface area contributed by atoms with E-state index in [1.807, 2.05) is 49.9 Å². The number of hydrogen-bond donors (Lipinski definition) is 1. The number of nitrogens with zero attached hydrogens (tertiary/aromatic N) is 1. The van der Waals surface area contributed by atoms with E-state index in [1.165, 1.54) is 0 Å². The monoisotopic (exact) mass is 278 g/mol. The topological polar surface area (TPSA) is 41.6 Å². The molecule has 0 spiro atoms. The molecule has 0 saturated heterocycles. The molecular weight excluding hydrogens is 252 g/mol. The molecular formula is C16H26N2O2. The quantitative estimate of drug-likeness (QED) is 0.833. The summed E-state index contributed by atoms with van der Waals surface area (Å²) in [6.45, 7) is 9.48. The van der Waals surface area contributed by atoms with E-state index in [1.54, 1.807) is 7.11 Å². The van der Waals surface area contributed by atoms with Crippen molar-refractivity contribution in [3.8, 4) is 5.75 Å². The van der Waals surface area contributed by atoms with E-state index < -0.39 is 0 Å². The van der Waals surface area contributed by atoms with E-state index in [4.69, 9.17) is 4.74 Å². The predicted molar refractivity (Wildman–Crippen MR) is 81.9 cm³/mol. The number of carbonyl (C=O) groups is 1. The van der Waals surface area contributed by atoms with Crippen LogP contribution in [0.5, 0.6) is 5.75 Å². The zero-order valence-electron chi connectivity index (χ0n) is 13.1. The Morgan fingerprint density at radius 3 is 2.20 bits per heavy atom. The first kappa shape index (κ1) is 16.5. The minimum Gasteiger partial charge on any atom is -0.497 e. The van der Waals surface area contributed by atoms with E-state index in [0.717, 1.165) is 24.4 Å². The summed E-state index contributed by atoms with van der Waals surface area (Å²) in [5.74, 6) is 0.989. The molecule has 1 aromatic carbocycles. The Balaban J connectivity index is 2.64. The maximum atomic E-state index is 12.2. The third-order valence-electron chi connectivity index (χ3n) is 3.56. The lowest BCUT2D eigenvalue weighted by Crippen LogP contribution is -2.45. The van der Waals surface area contributed by atoms with Gasteiger partial charge < -0.3 is 9.64 Å². The molecule has 0 fully saturated rings. The number of ether oxygens (including phenoxy) is 1. The van der Waals surface area contributed by atoms with E-state index in [0.29, 0.717) is 0 Å². The molecule has 20 heavy (non-hydrogen) atoms. The van der Waals surface area contributed by atoms with Gasteiger partial charge in [0.05, 0.1) is 13.2 Å². The number of benzene rings is 1. The molecule has 0 saturated carbocycles. The van der Waals surface area contributed by atoms with E-state index >= 15 is 0 Å². The molecule has 2 atom stereocenters. The first-order valence-corrected chi connectivity index (χ1v) is 7.22. The Kier molecular flexibility index (Phi) is 6.52. The van der Waals surface area contributed by atoms with Crippen molar-refractivity contribution in [1.29, 1.82) is 0 Å². The van der Waals surface area contributed by atoms with Gasteiger partial charge in [-0.15, -0.1) is 0 Å². The van der Waals surface area contributed by atoms with Gasteiger partial charge in [-0.2, -0.15) is 0 Å². The number of nitrogens with one attached hydrogen (secondary N) is 1. The van der Waals surface area contributed by atoms with Crippen LogP contribution in [0.15, 0.2) is 24.3 Å². The summed E-state index contributed by atoms with van der Waals surface area (Å²) >= 11 is 0. The highest BCUT2D eigenvalue weighted by Gasteiger charge is 2.20. The predicted octanol–water partition coefficient (Wildman–Crippen LogP) is 2.60. The number of hydrogen-bond acceptors (Lipinski definition) is 3. The number of likely N-dealkylation sites (N-methyl/N-ethyl adjacent to an activating group) is 1. The first-order valence-electron chi connectivity index (χ1n) is 7.22. The molecule has 0 aliphatic rings. The van der Waals surface area contributed by atoms with Gasteiger partial charge in [-0.05, 0) is 45.4 Å². The lowest BCUT2D eigenvalue weighted by Gasteiger charge is -2.26. The molecule has 0 aromatic heterocycles. The average molecular weight is 278 g/mol. The van der Waals surface area contributed by atoms with Crippen molar-refractivity contribution in [1.82, 2.24) is 10.2 Å². The Labute approximate surface area is 122 Å². The van der Waals surface area contributed by atoms with Gasteiger partial charge in [0, 0.05) is 19.1 Å². The van der Waals surface area contributed by atoms with Gasteiger partial charge in [-0.1, -0.05) is 12.1 Å². The average Bonchev–Trinajstić information content (AvgIpc) is 2.48. The number of carbonyl (C=O) groups excluding carboxylic acids is 1. The fraction of sp³-hybridized carbons (Fsp3) is 0.562. The van der Waals surface area contributed by atoms with E-state index in [9.17, 15) is 4.79 Å². The minimum absolute atomic E-state index is 0.121. The second-order valence-corrected chi connectivity index (χ2v) is 4.89. The first-order chi connectivity index (χ1) is 9.53. The Morgan fingerprint density at radius 2 is 1.75 bits per heavy atom. The van der Waals surface area contributed by atoms with Crippen molar-refractivity contribution < 1.29 is 9.53 Å². The summed E-state index contributed by atoms with van der Waals surface area (Å²) < 4.78 is 5.15. The van der Waals surface area contributed by atoms with Crippen LogP contribution in [0, 0.1) is 0 Å². The fourth-order valence-electron chi connectivity index (χ4n) is 2.24. The lowest BCUT2D eigenvalue weighted by molar-refractivity contribution is -0.132. The van der Waals surface area contributed by atoms with Gasteiger partial charge >= 0.3 is 0 Å². The Morgan fingerprint density at radius 1 is 1.20 bits per heavy atom. The van der Waals surface area contributed by atoms with Crippen LogP contribution >= 0.6 is 0 Å². The Bertz CT molecular complexity index is 413. The number of amides is 1. The molecule has 1 N–H and O–H groups in total. The van der Waals surface area contributed by atoms with Crippen molar-refractivity contribution >= 4 is 5.91 Å². The second kappa shape index (κ2) is 7.90. The molecule has 0 heterocycles. The molecule has 112 valence electrons. The Hall–Kier alpha value is -1.55. The van der Waals surface area contributed by atoms with E-state index in [2.05, 4.69) is 12.2 Å². The molecule has 0 aliphatic heterocycles. The summed E-state index contributed by atoms with van der Waals surface area (Å²) in [7, 11) is 1.65. The highest BCUT2D eigenvalue weighted by atomic mass is 16.5. The summed E-state index contributed by atoms with van der Waals surface area (Å²) in [5, 5.41) is 3.35. The normalized spacial score (nSPS) is 13.7. The van der Waals surface area contributed by atoms with Crippen LogP contribution in [0.1, 0.15) is 39.3 Å². The zero-order valence-corrected chi connectivity index (χ0v) is 13.1. The van der Waals surface area contributed by atoms with Crippen molar-refractivity contribution in [2.45, 2.75) is 39.8 Å². The molecule has 1 amide bonds. The van der Waals surface area contributed by atoms with Gasteiger partial charge in [0.1, 0.15) is 5.75 Å². The van der Waals surface area contributed by atoms with Crippen LogP contribution < -0.4 is 10.1 Å². The van der Waals surface area contributed by atoms with E-state index in [-0.39, 0.29) is 18.0 Å². The fourth-order valence-corrected chi connectivity index (χ4v) is 2.24. The van der Waals surface area contributed by atoms with Gasteiger partial charge in [-0.3, -0.25) is 10.1 Å². The smallest absolute Gasteiger partial charge is 0.239 e. The molecule has 0 bridgehead atoms. The molecule has 1 rings (SSSR count). The summed E-state index contributed by atoms with van der Waals surface area (Å²) in [6, 6.07) is 7.84. The van der Waals surface area contributed by atoms with Gasteiger partial charge in [0.2, 0.25) is 5.91 Å². The SMILES string of the molecule is CCN(CC)C(=O)C(C)N[C@@H](C)c1ccc(OC)cc1. The highest BCUT2D eigenvalue weighted by molar-refractivity contribution is 5.81. The van der Waals surface area contributed by atoms with Crippen LogP contribution in [0.4, 0.5) is 0 Å². The summed E-state index contributed by atoms with van der Waals surface area (Å²) in [6.07, 6.45) is 0. The van der Waals surface area contributed by atoms with Crippen molar-refractivity contribution in [3.63, 3.8) is 0 Å².